The molecular weight excluding hydrogens is 230 g/mol. The minimum atomic E-state index is -0.601. The maximum Gasteiger partial charge on any atom is 0.227 e. The lowest BCUT2D eigenvalue weighted by atomic mass is 9.74. The Kier molecular flexibility index (Phi) is 6.81. The van der Waals surface area contributed by atoms with Crippen LogP contribution in [-0.4, -0.2) is 56.7 Å². The summed E-state index contributed by atoms with van der Waals surface area (Å²) in [5, 5.41) is 2.86. The minimum absolute atomic E-state index is 0.0359. The molecular formula is C13H29N3O2. The Bertz CT molecular complexity index is 257. The largest absolute Gasteiger partial charge is 0.378 e. The van der Waals surface area contributed by atoms with E-state index in [1.165, 1.54) is 0 Å². The standard InChI is InChI=1S/C13H29N3O2/c1-12(2,13(3,4)14)11(17)15-7-9-18-10-8-16(5)6/h7-10,14H2,1-6H3,(H,15,17). The van der Waals surface area contributed by atoms with Crippen LogP contribution in [0.15, 0.2) is 0 Å². The lowest BCUT2D eigenvalue weighted by molar-refractivity contribution is -0.132. The molecule has 0 aliphatic carbocycles. The fourth-order valence-corrected chi connectivity index (χ4v) is 1.10. The molecule has 5 heteroatoms. The van der Waals surface area contributed by atoms with Crippen LogP contribution in [0.2, 0.25) is 0 Å². The predicted molar refractivity (Wildman–Crippen MR) is 74.4 cm³/mol. The summed E-state index contributed by atoms with van der Waals surface area (Å²) in [7, 11) is 3.99. The number of nitrogens with two attached hydrogens (primary N) is 1. The number of carbonyl (C=O) groups excluding carboxylic acids is 1. The second-order valence-corrected chi connectivity index (χ2v) is 6.02. The Morgan fingerprint density at radius 3 is 2.22 bits per heavy atom. The number of nitrogens with one attached hydrogen (secondary N) is 1. The molecule has 0 aromatic rings. The van der Waals surface area contributed by atoms with Crippen LogP contribution in [0.3, 0.4) is 0 Å². The molecule has 0 aromatic heterocycles. The molecule has 108 valence electrons. The van der Waals surface area contributed by atoms with Crippen LogP contribution in [0.5, 0.6) is 0 Å². The summed E-state index contributed by atoms with van der Waals surface area (Å²) in [5.74, 6) is -0.0359. The highest BCUT2D eigenvalue weighted by molar-refractivity contribution is 5.83. The van der Waals surface area contributed by atoms with E-state index in [4.69, 9.17) is 10.5 Å². The second kappa shape index (κ2) is 7.07. The quantitative estimate of drug-likeness (QED) is 0.621. The minimum Gasteiger partial charge on any atom is -0.378 e. The maximum atomic E-state index is 12.0. The molecule has 0 atom stereocenters. The highest BCUT2D eigenvalue weighted by Crippen LogP contribution is 2.28. The molecule has 18 heavy (non-hydrogen) atoms. The maximum absolute atomic E-state index is 12.0. The lowest BCUT2D eigenvalue weighted by Crippen LogP contribution is -2.55. The summed E-state index contributed by atoms with van der Waals surface area (Å²) in [6, 6.07) is 0. The van der Waals surface area contributed by atoms with Gasteiger partial charge in [0.05, 0.1) is 18.6 Å². The number of hydrogen-bond acceptors (Lipinski definition) is 4. The first-order valence-corrected chi connectivity index (χ1v) is 6.38. The zero-order valence-corrected chi connectivity index (χ0v) is 12.7. The number of likely N-dealkylation sites (N-methyl/N-ethyl adjacent to an activating group) is 1. The van der Waals surface area contributed by atoms with Gasteiger partial charge in [0.1, 0.15) is 0 Å². The summed E-state index contributed by atoms with van der Waals surface area (Å²) in [6.07, 6.45) is 0. The van der Waals surface area contributed by atoms with Gasteiger partial charge in [0.15, 0.2) is 0 Å². The summed E-state index contributed by atoms with van der Waals surface area (Å²) in [4.78, 5) is 14.1. The van der Waals surface area contributed by atoms with E-state index in [2.05, 4.69) is 10.2 Å². The van der Waals surface area contributed by atoms with Crippen molar-refractivity contribution in [2.24, 2.45) is 11.1 Å². The van der Waals surface area contributed by atoms with Crippen molar-refractivity contribution >= 4 is 5.91 Å². The molecule has 0 fully saturated rings. The van der Waals surface area contributed by atoms with E-state index in [0.29, 0.717) is 19.8 Å². The van der Waals surface area contributed by atoms with Gasteiger partial charge < -0.3 is 20.7 Å². The van der Waals surface area contributed by atoms with Crippen LogP contribution in [0.25, 0.3) is 0 Å². The van der Waals surface area contributed by atoms with E-state index >= 15 is 0 Å². The summed E-state index contributed by atoms with van der Waals surface area (Å²) in [5.41, 5.74) is 4.85. The molecule has 0 heterocycles. The molecule has 0 bridgehead atoms. The average Bonchev–Trinajstić information content (AvgIpc) is 2.20. The normalized spacial score (nSPS) is 12.9. The average molecular weight is 259 g/mol. The van der Waals surface area contributed by atoms with Crippen molar-refractivity contribution < 1.29 is 9.53 Å². The smallest absolute Gasteiger partial charge is 0.227 e. The number of amides is 1. The Labute approximate surface area is 111 Å². The van der Waals surface area contributed by atoms with Crippen LogP contribution in [0.4, 0.5) is 0 Å². The van der Waals surface area contributed by atoms with Gasteiger partial charge in [0.25, 0.3) is 0 Å². The molecule has 0 spiro atoms. The van der Waals surface area contributed by atoms with Crippen molar-refractivity contribution in [1.82, 2.24) is 10.2 Å². The van der Waals surface area contributed by atoms with Crippen molar-refractivity contribution in [2.75, 3.05) is 40.4 Å². The van der Waals surface area contributed by atoms with E-state index in [1.807, 2.05) is 41.8 Å². The van der Waals surface area contributed by atoms with Gasteiger partial charge in [-0.3, -0.25) is 4.79 Å². The first-order valence-electron chi connectivity index (χ1n) is 6.38. The Morgan fingerprint density at radius 1 is 1.22 bits per heavy atom. The number of rotatable bonds is 8. The Hall–Kier alpha value is -0.650. The van der Waals surface area contributed by atoms with Gasteiger partial charge in [-0.2, -0.15) is 0 Å². The Balaban J connectivity index is 3.85. The topological polar surface area (TPSA) is 67.6 Å². The van der Waals surface area contributed by atoms with E-state index in [1.54, 1.807) is 0 Å². The number of carbonyl (C=O) groups is 1. The van der Waals surface area contributed by atoms with Gasteiger partial charge in [-0.15, -0.1) is 0 Å². The summed E-state index contributed by atoms with van der Waals surface area (Å²) in [6.45, 7) is 10.0. The third kappa shape index (κ3) is 5.80. The molecule has 1 amide bonds. The van der Waals surface area contributed by atoms with Crippen molar-refractivity contribution in [3.8, 4) is 0 Å². The monoisotopic (exact) mass is 259 g/mol. The molecule has 0 unspecified atom stereocenters. The van der Waals surface area contributed by atoms with E-state index in [9.17, 15) is 4.79 Å². The fraction of sp³-hybridized carbons (Fsp3) is 0.923. The third-order valence-electron chi connectivity index (χ3n) is 3.39. The highest BCUT2D eigenvalue weighted by Gasteiger charge is 2.40. The number of hydrogen-bond donors (Lipinski definition) is 2. The van der Waals surface area contributed by atoms with Crippen LogP contribution >= 0.6 is 0 Å². The van der Waals surface area contributed by atoms with Gasteiger partial charge in [-0.1, -0.05) is 0 Å². The second-order valence-electron chi connectivity index (χ2n) is 6.02. The highest BCUT2D eigenvalue weighted by atomic mass is 16.5. The molecule has 5 nitrogen and oxygen atoms in total. The number of ether oxygens (including phenoxy) is 1. The molecule has 0 rings (SSSR count). The van der Waals surface area contributed by atoms with Crippen molar-refractivity contribution in [1.29, 1.82) is 0 Å². The van der Waals surface area contributed by atoms with E-state index < -0.39 is 11.0 Å². The SMILES string of the molecule is CN(C)CCOCCNC(=O)C(C)(C)C(C)(C)N. The molecule has 0 aromatic carbocycles. The fourth-order valence-electron chi connectivity index (χ4n) is 1.10. The van der Waals surface area contributed by atoms with Crippen LogP contribution < -0.4 is 11.1 Å². The number of nitrogens with zero attached hydrogens (tertiary/aromatic N) is 1. The van der Waals surface area contributed by atoms with Gasteiger partial charge in [-0.25, -0.2) is 0 Å². The van der Waals surface area contributed by atoms with Gasteiger partial charge in [0, 0.05) is 18.6 Å². The van der Waals surface area contributed by atoms with E-state index in [-0.39, 0.29) is 5.91 Å². The molecule has 0 saturated carbocycles. The summed E-state index contributed by atoms with van der Waals surface area (Å²) >= 11 is 0. The molecule has 0 radical (unpaired) electrons. The summed E-state index contributed by atoms with van der Waals surface area (Å²) < 4.78 is 5.41. The van der Waals surface area contributed by atoms with E-state index in [0.717, 1.165) is 6.54 Å². The molecule has 0 saturated heterocycles. The lowest BCUT2D eigenvalue weighted by Gasteiger charge is -2.36. The zero-order chi connectivity index (χ0) is 14.4. The Morgan fingerprint density at radius 2 is 1.78 bits per heavy atom. The first-order chi connectivity index (χ1) is 8.09. The van der Waals surface area contributed by atoms with Crippen molar-refractivity contribution in [3.63, 3.8) is 0 Å². The first kappa shape index (κ1) is 17.4. The van der Waals surface area contributed by atoms with Crippen LogP contribution in [0, 0.1) is 5.41 Å². The zero-order valence-electron chi connectivity index (χ0n) is 12.7. The predicted octanol–water partition coefficient (Wildman–Crippen LogP) is 0.444. The van der Waals surface area contributed by atoms with Crippen molar-refractivity contribution in [3.05, 3.63) is 0 Å². The molecule has 3 N–H and O–H groups in total. The van der Waals surface area contributed by atoms with Crippen molar-refractivity contribution in [2.45, 2.75) is 33.2 Å². The molecule has 0 aliphatic rings. The molecule has 0 aliphatic heterocycles. The van der Waals surface area contributed by atoms with Gasteiger partial charge in [-0.05, 0) is 41.8 Å². The van der Waals surface area contributed by atoms with Crippen LogP contribution in [-0.2, 0) is 9.53 Å². The third-order valence-corrected chi connectivity index (χ3v) is 3.39. The van der Waals surface area contributed by atoms with Crippen LogP contribution in [0.1, 0.15) is 27.7 Å². The van der Waals surface area contributed by atoms with Gasteiger partial charge in [0.2, 0.25) is 5.91 Å². The van der Waals surface area contributed by atoms with Gasteiger partial charge >= 0.3 is 0 Å².